The van der Waals surface area contributed by atoms with Crippen molar-refractivity contribution in [3.8, 4) is 0 Å². The molecule has 0 aliphatic carbocycles. The van der Waals surface area contributed by atoms with Crippen LogP contribution in [0.4, 0.5) is 11.8 Å². The second kappa shape index (κ2) is 5.18. The number of aliphatic hydroxyl groups is 1. The van der Waals surface area contributed by atoms with Gasteiger partial charge in [-0.05, 0) is 6.07 Å². The molecule has 0 unspecified atom stereocenters. The Bertz CT molecular complexity index is 303. The van der Waals surface area contributed by atoms with E-state index < -0.39 is 0 Å². The monoisotopic (exact) mass is 194 g/mol. The third kappa shape index (κ3) is 2.70. The van der Waals surface area contributed by atoms with Crippen LogP contribution in [0.5, 0.6) is 0 Å². The molecule has 1 aromatic heterocycles. The van der Waals surface area contributed by atoms with Crippen LogP contribution in [0.15, 0.2) is 24.9 Å². The first kappa shape index (κ1) is 10.5. The maximum Gasteiger partial charge on any atom is 0.227 e. The van der Waals surface area contributed by atoms with Gasteiger partial charge in [0.05, 0.1) is 6.61 Å². The van der Waals surface area contributed by atoms with E-state index in [0.717, 1.165) is 0 Å². The lowest BCUT2D eigenvalue weighted by molar-refractivity contribution is 0.302. The van der Waals surface area contributed by atoms with Gasteiger partial charge in [0.1, 0.15) is 5.82 Å². The zero-order valence-electron chi connectivity index (χ0n) is 7.93. The third-order valence-corrected chi connectivity index (χ3v) is 1.67. The number of nitrogen functional groups attached to an aromatic ring is 1. The molecule has 76 valence electrons. The molecule has 0 radical (unpaired) electrons. The minimum atomic E-state index is 0.0476. The summed E-state index contributed by atoms with van der Waals surface area (Å²) in [4.78, 5) is 9.89. The molecule has 0 aliphatic heterocycles. The smallest absolute Gasteiger partial charge is 0.227 e. The number of anilines is 2. The Morgan fingerprint density at radius 3 is 3.00 bits per heavy atom. The van der Waals surface area contributed by atoms with E-state index in [9.17, 15) is 0 Å². The number of hydrogen-bond acceptors (Lipinski definition) is 5. The lowest BCUT2D eigenvalue weighted by atomic mass is 10.5. The number of nitrogens with zero attached hydrogens (tertiary/aromatic N) is 3. The quantitative estimate of drug-likeness (QED) is 0.647. The molecule has 3 N–H and O–H groups in total. The topological polar surface area (TPSA) is 75.3 Å². The van der Waals surface area contributed by atoms with Crippen molar-refractivity contribution in [1.82, 2.24) is 9.97 Å². The zero-order valence-corrected chi connectivity index (χ0v) is 7.93. The van der Waals surface area contributed by atoms with Gasteiger partial charge in [0.15, 0.2) is 0 Å². The Kier molecular flexibility index (Phi) is 3.87. The van der Waals surface area contributed by atoms with E-state index in [-0.39, 0.29) is 6.61 Å². The van der Waals surface area contributed by atoms with Gasteiger partial charge in [-0.3, -0.25) is 0 Å². The first-order chi connectivity index (χ1) is 6.77. The minimum Gasteiger partial charge on any atom is -0.395 e. The van der Waals surface area contributed by atoms with Crippen LogP contribution in [0.3, 0.4) is 0 Å². The van der Waals surface area contributed by atoms with E-state index in [4.69, 9.17) is 10.8 Å². The average Bonchev–Trinajstić information content (AvgIpc) is 2.17. The summed E-state index contributed by atoms with van der Waals surface area (Å²) in [6, 6.07) is 1.62. The molecule has 0 aromatic carbocycles. The lowest BCUT2D eigenvalue weighted by Gasteiger charge is -2.19. The van der Waals surface area contributed by atoms with E-state index >= 15 is 0 Å². The van der Waals surface area contributed by atoms with Crippen LogP contribution in [0, 0.1) is 0 Å². The van der Waals surface area contributed by atoms with Crippen LogP contribution in [-0.2, 0) is 0 Å². The highest BCUT2D eigenvalue weighted by Gasteiger charge is 2.06. The van der Waals surface area contributed by atoms with Gasteiger partial charge in [0.25, 0.3) is 0 Å². The van der Waals surface area contributed by atoms with Crippen LogP contribution < -0.4 is 10.6 Å². The molecule has 14 heavy (non-hydrogen) atoms. The second-order valence-corrected chi connectivity index (χ2v) is 2.74. The van der Waals surface area contributed by atoms with E-state index in [2.05, 4.69) is 16.5 Å². The van der Waals surface area contributed by atoms with Crippen molar-refractivity contribution >= 4 is 11.8 Å². The standard InChI is InChI=1S/C9H14N4O/c1-2-5-13(6-7-14)9-11-4-3-8(10)12-9/h2-4,14H,1,5-7H2,(H2,10,11,12). The van der Waals surface area contributed by atoms with Crippen LogP contribution in [-0.4, -0.2) is 34.8 Å². The minimum absolute atomic E-state index is 0.0476. The molecule has 0 aliphatic rings. The SMILES string of the molecule is C=CCN(CCO)c1nccc(N)n1. The maximum absolute atomic E-state index is 8.83. The summed E-state index contributed by atoms with van der Waals surface area (Å²) in [6.45, 7) is 4.72. The van der Waals surface area contributed by atoms with Crippen molar-refractivity contribution in [2.75, 3.05) is 30.3 Å². The van der Waals surface area contributed by atoms with Crippen LogP contribution in [0.1, 0.15) is 0 Å². The van der Waals surface area contributed by atoms with E-state index in [1.165, 1.54) is 0 Å². The van der Waals surface area contributed by atoms with E-state index in [1.807, 2.05) is 0 Å². The normalized spacial score (nSPS) is 9.79. The van der Waals surface area contributed by atoms with Crippen molar-refractivity contribution < 1.29 is 5.11 Å². The van der Waals surface area contributed by atoms with Crippen LogP contribution >= 0.6 is 0 Å². The molecule has 0 atom stereocenters. The Morgan fingerprint density at radius 2 is 2.43 bits per heavy atom. The Balaban J connectivity index is 2.80. The summed E-state index contributed by atoms with van der Waals surface area (Å²) in [7, 11) is 0. The van der Waals surface area contributed by atoms with Gasteiger partial charge in [-0.2, -0.15) is 4.98 Å². The molecule has 0 amide bonds. The van der Waals surface area contributed by atoms with Gasteiger partial charge in [-0.25, -0.2) is 4.98 Å². The molecule has 1 rings (SSSR count). The number of nitrogens with two attached hydrogens (primary N) is 1. The molecule has 0 saturated carbocycles. The molecule has 5 heteroatoms. The third-order valence-electron chi connectivity index (χ3n) is 1.67. The molecule has 5 nitrogen and oxygen atoms in total. The molecular formula is C9H14N4O. The fourth-order valence-electron chi connectivity index (χ4n) is 1.06. The first-order valence-corrected chi connectivity index (χ1v) is 4.33. The summed E-state index contributed by atoms with van der Waals surface area (Å²) < 4.78 is 0. The van der Waals surface area contributed by atoms with Crippen molar-refractivity contribution in [1.29, 1.82) is 0 Å². The predicted molar refractivity (Wildman–Crippen MR) is 55.9 cm³/mol. The highest BCUT2D eigenvalue weighted by atomic mass is 16.3. The Hall–Kier alpha value is -1.62. The Labute approximate surface area is 82.9 Å². The second-order valence-electron chi connectivity index (χ2n) is 2.74. The van der Waals surface area contributed by atoms with Crippen molar-refractivity contribution in [2.45, 2.75) is 0 Å². The highest BCUT2D eigenvalue weighted by Crippen LogP contribution is 2.07. The van der Waals surface area contributed by atoms with Crippen LogP contribution in [0.2, 0.25) is 0 Å². The van der Waals surface area contributed by atoms with Crippen molar-refractivity contribution in [3.63, 3.8) is 0 Å². The molecular weight excluding hydrogens is 180 g/mol. The molecule has 0 bridgehead atoms. The van der Waals surface area contributed by atoms with Crippen molar-refractivity contribution in [3.05, 3.63) is 24.9 Å². The van der Waals surface area contributed by atoms with Crippen molar-refractivity contribution in [2.24, 2.45) is 0 Å². The number of aromatic nitrogens is 2. The fraction of sp³-hybridized carbons (Fsp3) is 0.333. The fourth-order valence-corrected chi connectivity index (χ4v) is 1.06. The zero-order chi connectivity index (χ0) is 10.4. The maximum atomic E-state index is 8.83. The van der Waals surface area contributed by atoms with E-state index in [0.29, 0.717) is 24.9 Å². The summed E-state index contributed by atoms with van der Waals surface area (Å²) in [6.07, 6.45) is 3.31. The summed E-state index contributed by atoms with van der Waals surface area (Å²) in [5, 5.41) is 8.83. The molecule has 0 spiro atoms. The summed E-state index contributed by atoms with van der Waals surface area (Å²) in [5.41, 5.74) is 5.52. The van der Waals surface area contributed by atoms with Crippen LogP contribution in [0.25, 0.3) is 0 Å². The summed E-state index contributed by atoms with van der Waals surface area (Å²) in [5.74, 6) is 0.931. The van der Waals surface area contributed by atoms with Gasteiger partial charge in [-0.1, -0.05) is 6.08 Å². The van der Waals surface area contributed by atoms with Gasteiger partial charge in [-0.15, -0.1) is 6.58 Å². The number of hydrogen-bond donors (Lipinski definition) is 2. The van der Waals surface area contributed by atoms with Gasteiger partial charge < -0.3 is 15.7 Å². The molecule has 1 aromatic rings. The first-order valence-electron chi connectivity index (χ1n) is 4.33. The van der Waals surface area contributed by atoms with E-state index in [1.54, 1.807) is 23.2 Å². The van der Waals surface area contributed by atoms with Gasteiger partial charge in [0, 0.05) is 19.3 Å². The molecule has 0 fully saturated rings. The molecule has 1 heterocycles. The Morgan fingerprint density at radius 1 is 1.64 bits per heavy atom. The van der Waals surface area contributed by atoms with Gasteiger partial charge in [0.2, 0.25) is 5.95 Å². The number of rotatable bonds is 5. The predicted octanol–water partition coefficient (Wildman–Crippen LogP) is 0.0435. The average molecular weight is 194 g/mol. The highest BCUT2D eigenvalue weighted by molar-refractivity contribution is 5.38. The summed E-state index contributed by atoms with van der Waals surface area (Å²) >= 11 is 0. The molecule has 0 saturated heterocycles. The largest absolute Gasteiger partial charge is 0.395 e. The van der Waals surface area contributed by atoms with Gasteiger partial charge >= 0.3 is 0 Å². The lowest BCUT2D eigenvalue weighted by Crippen LogP contribution is -2.28. The number of aliphatic hydroxyl groups excluding tert-OH is 1.